The lowest BCUT2D eigenvalue weighted by molar-refractivity contribution is -0.137. The second-order valence-corrected chi connectivity index (χ2v) is 6.43. The van der Waals surface area contributed by atoms with Gasteiger partial charge in [-0.2, -0.15) is 0 Å². The van der Waals surface area contributed by atoms with Gasteiger partial charge in [0.1, 0.15) is 18.7 Å². The van der Waals surface area contributed by atoms with Gasteiger partial charge in [-0.1, -0.05) is 39.0 Å². The van der Waals surface area contributed by atoms with Gasteiger partial charge in [-0.05, 0) is 23.6 Å². The van der Waals surface area contributed by atoms with Gasteiger partial charge in [0.15, 0.2) is 0 Å². The summed E-state index contributed by atoms with van der Waals surface area (Å²) >= 11 is 0. The lowest BCUT2D eigenvalue weighted by Crippen LogP contribution is -2.39. The van der Waals surface area contributed by atoms with Crippen LogP contribution in [0.1, 0.15) is 31.1 Å². The Bertz CT molecular complexity index is 745. The Morgan fingerprint density at radius 3 is 2.50 bits per heavy atom. The Morgan fingerprint density at radius 1 is 1.25 bits per heavy atom. The number of aromatic nitrogens is 3. The van der Waals surface area contributed by atoms with Crippen LogP contribution in [0.5, 0.6) is 0 Å². The zero-order valence-corrected chi connectivity index (χ0v) is 13.8. The molecule has 0 radical (unpaired) electrons. The molecule has 0 aliphatic carbocycles. The quantitative estimate of drug-likeness (QED) is 0.819. The summed E-state index contributed by atoms with van der Waals surface area (Å²) in [6, 6.07) is 5.69. The van der Waals surface area contributed by atoms with Gasteiger partial charge in [0, 0.05) is 11.3 Å². The molecule has 2 rings (SSSR count). The molecule has 7 nitrogen and oxygen atoms in total. The second-order valence-electron chi connectivity index (χ2n) is 6.43. The number of nitrogens with one attached hydrogen (secondary N) is 1. The molecule has 0 bridgehead atoms. The number of carbonyl (C=O) groups excluding carboxylic acids is 1. The summed E-state index contributed by atoms with van der Waals surface area (Å²) in [5, 5.41) is 19.2. The van der Waals surface area contributed by atoms with Crippen LogP contribution in [0.25, 0.3) is 5.69 Å². The number of carbonyl (C=O) groups is 2. The summed E-state index contributed by atoms with van der Waals surface area (Å²) in [5.74, 6) is -1.57. The van der Waals surface area contributed by atoms with E-state index in [0.29, 0.717) is 11.3 Å². The van der Waals surface area contributed by atoms with Crippen LogP contribution in [-0.2, 0) is 4.79 Å². The van der Waals surface area contributed by atoms with E-state index in [1.54, 1.807) is 34.9 Å². The van der Waals surface area contributed by atoms with Crippen LogP contribution in [0.2, 0.25) is 0 Å². The minimum atomic E-state index is -1.11. The van der Waals surface area contributed by atoms with Crippen LogP contribution >= 0.6 is 0 Å². The molecule has 0 saturated heterocycles. The molecular formula is C17H20N4O3. The first kappa shape index (κ1) is 17.4. The van der Waals surface area contributed by atoms with Crippen molar-refractivity contribution in [3.63, 3.8) is 0 Å². The summed E-state index contributed by atoms with van der Waals surface area (Å²) in [4.78, 5) is 23.7. The van der Waals surface area contributed by atoms with Crippen LogP contribution in [0, 0.1) is 5.41 Å². The van der Waals surface area contributed by atoms with Crippen LogP contribution in [0.3, 0.4) is 0 Å². The highest BCUT2D eigenvalue weighted by molar-refractivity contribution is 5.97. The largest absolute Gasteiger partial charge is 0.479 e. The molecule has 1 heterocycles. The van der Waals surface area contributed by atoms with Crippen molar-refractivity contribution >= 4 is 11.9 Å². The van der Waals surface area contributed by atoms with Gasteiger partial charge in [-0.25, -0.2) is 4.79 Å². The van der Waals surface area contributed by atoms with Crippen molar-refractivity contribution in [2.45, 2.75) is 26.8 Å². The van der Waals surface area contributed by atoms with Crippen LogP contribution in [0.4, 0.5) is 0 Å². The predicted octanol–water partition coefficient (Wildman–Crippen LogP) is 2.05. The smallest absolute Gasteiger partial charge is 0.330 e. The number of nitrogens with zero attached hydrogens (tertiary/aromatic N) is 3. The third kappa shape index (κ3) is 4.77. The molecule has 0 saturated carbocycles. The SMILES string of the molecule is CC(C)(C)/C=C/C(NC(=O)c1cccc(-n2cnnc2)c1)C(=O)O. The first-order valence-corrected chi connectivity index (χ1v) is 7.44. The number of benzene rings is 1. The Balaban J connectivity index is 2.17. The lowest BCUT2D eigenvalue weighted by atomic mass is 9.95. The van der Waals surface area contributed by atoms with Gasteiger partial charge in [0.25, 0.3) is 5.91 Å². The molecule has 126 valence electrons. The molecule has 2 aromatic rings. The number of carboxylic acids is 1. The van der Waals surface area contributed by atoms with E-state index < -0.39 is 17.9 Å². The minimum absolute atomic E-state index is 0.174. The average Bonchev–Trinajstić information content (AvgIpc) is 3.04. The standard InChI is InChI=1S/C17H20N4O3/c1-17(2,3)8-7-14(16(23)24)20-15(22)12-5-4-6-13(9-12)21-10-18-19-11-21/h4-11,14H,1-3H3,(H,20,22)(H,23,24)/b8-7+. The van der Waals surface area contributed by atoms with Crippen molar-refractivity contribution in [1.29, 1.82) is 0 Å². The van der Waals surface area contributed by atoms with E-state index in [1.807, 2.05) is 20.8 Å². The molecule has 1 aromatic heterocycles. The maximum atomic E-state index is 12.4. The zero-order valence-electron chi connectivity index (χ0n) is 13.8. The highest BCUT2D eigenvalue weighted by Gasteiger charge is 2.19. The van der Waals surface area contributed by atoms with Crippen LogP contribution in [-0.4, -0.2) is 37.8 Å². The number of amides is 1. The van der Waals surface area contributed by atoms with Crippen LogP contribution in [0.15, 0.2) is 49.1 Å². The summed E-state index contributed by atoms with van der Waals surface area (Å²) in [7, 11) is 0. The minimum Gasteiger partial charge on any atom is -0.479 e. The van der Waals surface area contributed by atoms with E-state index >= 15 is 0 Å². The van der Waals surface area contributed by atoms with E-state index in [9.17, 15) is 14.7 Å². The average molecular weight is 328 g/mol. The first-order chi connectivity index (χ1) is 11.3. The highest BCUT2D eigenvalue weighted by atomic mass is 16.4. The van der Waals surface area contributed by atoms with E-state index in [4.69, 9.17) is 0 Å². The number of hydrogen-bond acceptors (Lipinski definition) is 4. The third-order valence-electron chi connectivity index (χ3n) is 3.17. The van der Waals surface area contributed by atoms with Crippen molar-refractivity contribution in [3.05, 3.63) is 54.6 Å². The number of aliphatic carboxylic acids is 1. The Hall–Kier alpha value is -2.96. The fourth-order valence-corrected chi connectivity index (χ4v) is 1.94. The number of allylic oxidation sites excluding steroid dienone is 1. The van der Waals surface area contributed by atoms with Gasteiger partial charge >= 0.3 is 5.97 Å². The fraction of sp³-hybridized carbons (Fsp3) is 0.294. The van der Waals surface area contributed by atoms with Crippen molar-refractivity contribution in [2.24, 2.45) is 5.41 Å². The molecule has 1 aromatic carbocycles. The molecule has 0 aliphatic rings. The van der Waals surface area contributed by atoms with E-state index in [0.717, 1.165) is 0 Å². The predicted molar refractivity (Wildman–Crippen MR) is 88.8 cm³/mol. The Kier molecular flexibility index (Phi) is 5.13. The third-order valence-corrected chi connectivity index (χ3v) is 3.17. The number of carboxylic acid groups (broad SMARTS) is 1. The lowest BCUT2D eigenvalue weighted by Gasteiger charge is -2.15. The molecule has 0 fully saturated rings. The summed E-state index contributed by atoms with van der Waals surface area (Å²) in [6.45, 7) is 5.85. The zero-order chi connectivity index (χ0) is 17.7. The van der Waals surface area contributed by atoms with Crippen LogP contribution < -0.4 is 5.32 Å². The van der Waals surface area contributed by atoms with Gasteiger partial charge in [-0.3, -0.25) is 9.36 Å². The molecule has 1 amide bonds. The monoisotopic (exact) mass is 328 g/mol. The summed E-state index contributed by atoms with van der Waals surface area (Å²) in [5.41, 5.74) is 0.897. The van der Waals surface area contributed by atoms with Gasteiger partial charge in [0.05, 0.1) is 0 Å². The second kappa shape index (κ2) is 7.08. The fourth-order valence-electron chi connectivity index (χ4n) is 1.94. The van der Waals surface area contributed by atoms with E-state index in [1.165, 1.54) is 18.7 Å². The number of hydrogen-bond donors (Lipinski definition) is 2. The van der Waals surface area contributed by atoms with Crippen molar-refractivity contribution in [2.75, 3.05) is 0 Å². The molecule has 1 unspecified atom stereocenters. The molecule has 7 heteroatoms. The van der Waals surface area contributed by atoms with Crippen molar-refractivity contribution < 1.29 is 14.7 Å². The molecule has 0 aliphatic heterocycles. The Labute approximate surface area is 140 Å². The maximum Gasteiger partial charge on any atom is 0.330 e. The maximum absolute atomic E-state index is 12.4. The topological polar surface area (TPSA) is 97.1 Å². The van der Waals surface area contributed by atoms with E-state index in [2.05, 4.69) is 15.5 Å². The highest BCUT2D eigenvalue weighted by Crippen LogP contribution is 2.15. The molecule has 0 spiro atoms. The van der Waals surface area contributed by atoms with Gasteiger partial charge in [0.2, 0.25) is 0 Å². The molecule has 2 N–H and O–H groups in total. The van der Waals surface area contributed by atoms with Gasteiger partial charge < -0.3 is 10.4 Å². The first-order valence-electron chi connectivity index (χ1n) is 7.44. The number of rotatable bonds is 5. The Morgan fingerprint density at radius 2 is 1.92 bits per heavy atom. The van der Waals surface area contributed by atoms with E-state index in [-0.39, 0.29) is 5.41 Å². The molecular weight excluding hydrogens is 308 g/mol. The normalized spacial score (nSPS) is 13.0. The van der Waals surface area contributed by atoms with Gasteiger partial charge in [-0.15, -0.1) is 10.2 Å². The van der Waals surface area contributed by atoms with Crippen molar-refractivity contribution in [3.8, 4) is 5.69 Å². The molecule has 24 heavy (non-hydrogen) atoms. The summed E-state index contributed by atoms with van der Waals surface area (Å²) < 4.78 is 1.66. The van der Waals surface area contributed by atoms with Crippen molar-refractivity contribution in [1.82, 2.24) is 20.1 Å². The molecule has 1 atom stereocenters. The summed E-state index contributed by atoms with van der Waals surface area (Å²) in [6.07, 6.45) is 6.29.